The summed E-state index contributed by atoms with van der Waals surface area (Å²) in [5.74, 6) is -1.36. The molecule has 1 aromatic heterocycles. The van der Waals surface area contributed by atoms with Crippen molar-refractivity contribution in [3.8, 4) is 5.75 Å². The van der Waals surface area contributed by atoms with Crippen LogP contribution in [-0.4, -0.2) is 65.9 Å². The molecular weight excluding hydrogens is 1080 g/mol. The molecular formula is C75H78O11. The zero-order chi connectivity index (χ0) is 58.8. The fourth-order valence-electron chi connectivity index (χ4n) is 17.9. The van der Waals surface area contributed by atoms with Crippen molar-refractivity contribution in [1.82, 2.24) is 0 Å². The Morgan fingerprint density at radius 2 is 1.65 bits per heavy atom. The van der Waals surface area contributed by atoms with E-state index in [2.05, 4.69) is 134 Å². The highest BCUT2D eigenvalue weighted by atomic mass is 16.6. The van der Waals surface area contributed by atoms with E-state index in [0.29, 0.717) is 59.4 Å². The van der Waals surface area contributed by atoms with Gasteiger partial charge < -0.3 is 38.7 Å². The Kier molecular flexibility index (Phi) is 15.3. The van der Waals surface area contributed by atoms with Crippen LogP contribution in [0.3, 0.4) is 0 Å². The lowest BCUT2D eigenvalue weighted by Crippen LogP contribution is -2.61. The standard InChI is InChI=1S/C75H78O11/c1-44(41-77)55-28-21-45-19-22-47(23-20-45)56-29-26-50(49-13-9-15-54(38-49)74-34-8-7-14-53(74)27-24-48-12-4-6-18-63(48)74)37-52(56)39-66(79)83-70-68-65(32-31-60-62(42-78)67(73(81)84-69(60)68)51(33-36-76)43-82-2)86-75(71(70)85-72(55)80)35-10-17-59-58-30-25-46-11-3-5-16-57(46)61(58)40-64(59)75/h3-6,9-13,15-20,22-23,25-26,29-32,38,50-53,56,58-59,61,64,70-71,76-78H,7-8,14,21,24,27-28,33-37,39-43H2,1-2H3. The number of benzene rings is 5. The van der Waals surface area contributed by atoms with Crippen LogP contribution in [0, 0.1) is 29.6 Å². The van der Waals surface area contributed by atoms with Crippen LogP contribution in [0.2, 0.25) is 0 Å². The normalized spacial score (nSPS) is 30.8. The summed E-state index contributed by atoms with van der Waals surface area (Å²) in [7, 11) is 1.52. The second-order valence-electron chi connectivity index (χ2n) is 26.1. The van der Waals surface area contributed by atoms with Crippen molar-refractivity contribution in [3.05, 3.63) is 222 Å². The lowest BCUT2D eigenvalue weighted by Gasteiger charge is -2.52. The van der Waals surface area contributed by atoms with Gasteiger partial charge in [-0.15, -0.1) is 0 Å². The molecule has 4 heterocycles. The van der Waals surface area contributed by atoms with Crippen molar-refractivity contribution in [3.63, 3.8) is 0 Å². The Morgan fingerprint density at radius 3 is 2.49 bits per heavy atom. The zero-order valence-corrected chi connectivity index (χ0v) is 49.3. The molecule has 1 spiro atoms. The molecule has 0 saturated heterocycles. The maximum Gasteiger partial charge on any atom is 0.340 e. The number of hydrogen-bond donors (Lipinski definition) is 3. The van der Waals surface area contributed by atoms with E-state index in [4.69, 9.17) is 23.4 Å². The van der Waals surface area contributed by atoms with E-state index >= 15 is 9.59 Å². The van der Waals surface area contributed by atoms with Crippen molar-refractivity contribution < 1.29 is 48.3 Å². The lowest BCUT2D eigenvalue weighted by molar-refractivity contribution is -0.205. The molecule has 11 nitrogen and oxygen atoms in total. The Morgan fingerprint density at radius 1 is 0.802 bits per heavy atom. The Balaban J connectivity index is 0.916. The molecule has 0 radical (unpaired) electrons. The Bertz CT molecular complexity index is 3780. The van der Waals surface area contributed by atoms with Gasteiger partial charge in [-0.2, -0.15) is 0 Å². The van der Waals surface area contributed by atoms with Gasteiger partial charge in [-0.05, 0) is 162 Å². The van der Waals surface area contributed by atoms with Crippen LogP contribution in [0.1, 0.15) is 169 Å². The van der Waals surface area contributed by atoms with Crippen molar-refractivity contribution in [1.29, 1.82) is 0 Å². The lowest BCUT2D eigenvalue weighted by atomic mass is 9.54. The summed E-state index contributed by atoms with van der Waals surface area (Å²) in [5.41, 5.74) is 9.49. The number of rotatable bonds is 9. The number of hydrogen-bond acceptors (Lipinski definition) is 11. The van der Waals surface area contributed by atoms with Gasteiger partial charge >= 0.3 is 17.6 Å². The summed E-state index contributed by atoms with van der Waals surface area (Å²) < 4.78 is 34.0. The SMILES string of the molecule is COCC(CCO)c1c(CO)c2ccc3c(c2oc1=O)C1OC(=O)CC2CC(c4cccc(C56CCCCC5CCc5ccccc56)c4)C=CC2c2ccc(cc2)CCC(=C(C)CO)C(=O)OC1C1(CC=CC2C4C=Cc5ccccc5C4CC21)O3. The minimum Gasteiger partial charge on any atom is -0.482 e. The van der Waals surface area contributed by atoms with Gasteiger partial charge in [0.25, 0.3) is 0 Å². The van der Waals surface area contributed by atoms with Gasteiger partial charge in [0.05, 0.1) is 25.4 Å². The number of carbonyl (C=O) groups excluding carboxylic acids is 2. The van der Waals surface area contributed by atoms with Crippen LogP contribution >= 0.6 is 0 Å². The van der Waals surface area contributed by atoms with E-state index in [9.17, 15) is 20.1 Å². The summed E-state index contributed by atoms with van der Waals surface area (Å²) in [5, 5.41) is 32.7. The molecule has 6 aromatic rings. The van der Waals surface area contributed by atoms with Gasteiger partial charge in [-0.1, -0.05) is 146 Å². The summed E-state index contributed by atoms with van der Waals surface area (Å²) in [4.78, 5) is 46.2. The number of ether oxygens (including phenoxy) is 4. The topological polar surface area (TPSA) is 162 Å². The third kappa shape index (κ3) is 9.49. The first-order valence-electron chi connectivity index (χ1n) is 31.7. The molecule has 5 aromatic carbocycles. The monoisotopic (exact) mass is 1150 g/mol. The fraction of sp³-hybridized carbons (Fsp3) is 0.427. The van der Waals surface area contributed by atoms with E-state index in [0.717, 1.165) is 29.5 Å². The number of fused-ring (bicyclic) bond motifs is 20. The molecule has 6 aliphatic carbocycles. The molecule has 13 unspecified atom stereocenters. The second-order valence-corrected chi connectivity index (χ2v) is 26.1. The third-order valence-electron chi connectivity index (χ3n) is 21.9. The van der Waals surface area contributed by atoms with Crippen molar-refractivity contribution >= 4 is 29.0 Å². The molecule has 11 heteroatoms. The van der Waals surface area contributed by atoms with Gasteiger partial charge in [0.2, 0.25) is 0 Å². The molecule has 15 rings (SSSR count). The molecule has 2 bridgehead atoms. The summed E-state index contributed by atoms with van der Waals surface area (Å²) >= 11 is 0. The molecule has 3 aliphatic heterocycles. The van der Waals surface area contributed by atoms with E-state index in [-0.39, 0.29) is 103 Å². The van der Waals surface area contributed by atoms with Crippen molar-refractivity contribution in [2.45, 2.75) is 144 Å². The first-order valence-corrected chi connectivity index (χ1v) is 31.7. The second kappa shape index (κ2) is 23.2. The first-order chi connectivity index (χ1) is 42.0. The van der Waals surface area contributed by atoms with Gasteiger partial charge in [-0.25, -0.2) is 9.59 Å². The fourth-order valence-corrected chi connectivity index (χ4v) is 17.9. The maximum absolute atomic E-state index is 15.9. The van der Waals surface area contributed by atoms with Crippen LogP contribution in [0.4, 0.5) is 0 Å². The predicted molar refractivity (Wildman–Crippen MR) is 330 cm³/mol. The maximum atomic E-state index is 15.9. The summed E-state index contributed by atoms with van der Waals surface area (Å²) in [6, 6.07) is 39.0. The van der Waals surface area contributed by atoms with Crippen molar-refractivity contribution in [2.24, 2.45) is 29.6 Å². The molecule has 0 amide bonds. The van der Waals surface area contributed by atoms with Crippen LogP contribution < -0.4 is 10.4 Å². The smallest absolute Gasteiger partial charge is 0.340 e. The van der Waals surface area contributed by atoms with Crippen LogP contribution in [0.15, 0.2) is 160 Å². The largest absolute Gasteiger partial charge is 0.482 e. The molecule has 3 N–H and O–H groups in total. The van der Waals surface area contributed by atoms with Crippen LogP contribution in [-0.2, 0) is 48.7 Å². The summed E-state index contributed by atoms with van der Waals surface area (Å²) in [6.07, 6.45) is 20.6. The highest BCUT2D eigenvalue weighted by Crippen LogP contribution is 2.63. The minimum atomic E-state index is -1.38. The number of aryl methyl sites for hydroxylation is 2. The highest BCUT2D eigenvalue weighted by Gasteiger charge is 2.64. The Labute approximate surface area is 503 Å². The number of methoxy groups -OCH3 is 1. The van der Waals surface area contributed by atoms with E-state index < -0.39 is 47.9 Å². The molecule has 444 valence electrons. The molecule has 2 fully saturated rings. The van der Waals surface area contributed by atoms with Crippen LogP contribution in [0.5, 0.6) is 5.75 Å². The van der Waals surface area contributed by atoms with Gasteiger partial charge in [0.15, 0.2) is 17.8 Å². The highest BCUT2D eigenvalue weighted by molar-refractivity contribution is 5.90. The number of esters is 2. The van der Waals surface area contributed by atoms with E-state index in [1.54, 1.807) is 19.1 Å². The van der Waals surface area contributed by atoms with E-state index in [1.165, 1.54) is 60.6 Å². The number of aliphatic hydroxyl groups is 3. The average Bonchev–Trinajstić information content (AvgIpc) is 1.32. The first kappa shape index (κ1) is 56.6. The Hall–Kier alpha value is -7.15. The third-order valence-corrected chi connectivity index (χ3v) is 21.9. The summed E-state index contributed by atoms with van der Waals surface area (Å²) in [6.45, 7) is 0.667. The van der Waals surface area contributed by atoms with E-state index in [1.807, 2.05) is 0 Å². The molecule has 2 saturated carbocycles. The van der Waals surface area contributed by atoms with Crippen molar-refractivity contribution in [2.75, 3.05) is 26.9 Å². The van der Waals surface area contributed by atoms with Gasteiger partial charge in [0.1, 0.15) is 11.3 Å². The average molecular weight is 1160 g/mol. The molecule has 86 heavy (non-hydrogen) atoms. The number of allylic oxidation sites excluding steroid dienone is 4. The van der Waals surface area contributed by atoms with Gasteiger partial charge in [-0.3, -0.25) is 4.79 Å². The zero-order valence-electron chi connectivity index (χ0n) is 49.3. The predicted octanol–water partition coefficient (Wildman–Crippen LogP) is 13.3. The van der Waals surface area contributed by atoms with Crippen LogP contribution in [0.25, 0.3) is 17.0 Å². The number of carbonyl (C=O) groups is 2. The quantitative estimate of drug-likeness (QED) is 0.0547. The number of aliphatic hydroxyl groups excluding tert-OH is 3. The van der Waals surface area contributed by atoms with Gasteiger partial charge in [0, 0.05) is 72.2 Å². The molecule has 13 atom stereocenters. The molecule has 9 aliphatic rings. The minimum absolute atomic E-state index is 0.0000185.